The van der Waals surface area contributed by atoms with Crippen molar-refractivity contribution in [3.8, 4) is 0 Å². The van der Waals surface area contributed by atoms with Crippen LogP contribution in [0.15, 0.2) is 42.5 Å². The fourth-order valence-corrected chi connectivity index (χ4v) is 6.09. The Balaban J connectivity index is 1.68. The van der Waals surface area contributed by atoms with E-state index in [2.05, 4.69) is 19.6 Å². The van der Waals surface area contributed by atoms with Gasteiger partial charge in [-0.1, -0.05) is 12.1 Å². The van der Waals surface area contributed by atoms with Crippen molar-refractivity contribution in [3.05, 3.63) is 86.0 Å². The van der Waals surface area contributed by atoms with E-state index in [0.717, 1.165) is 25.7 Å². The van der Waals surface area contributed by atoms with Crippen LogP contribution in [-0.4, -0.2) is 27.0 Å². The van der Waals surface area contributed by atoms with Gasteiger partial charge in [-0.2, -0.15) is 13.1 Å². The number of carbonyl (C=O) groups is 1. The summed E-state index contributed by atoms with van der Waals surface area (Å²) in [4.78, 5) is 17.3. The molecule has 0 aromatic heterocycles. The first-order valence-electron chi connectivity index (χ1n) is 12.0. The van der Waals surface area contributed by atoms with E-state index < -0.39 is 73.8 Å². The number of hydroxylamine groups is 1. The van der Waals surface area contributed by atoms with Gasteiger partial charge in [-0.05, 0) is 90.2 Å². The van der Waals surface area contributed by atoms with E-state index >= 15 is 13.2 Å². The fraction of sp³-hybridized carbons (Fsp3) is 0.269. The lowest BCUT2D eigenvalue weighted by atomic mass is 9.80. The Bertz CT molecular complexity index is 1570. The van der Waals surface area contributed by atoms with E-state index in [1.807, 2.05) is 28.1 Å². The average Bonchev–Trinajstić information content (AvgIpc) is 2.86. The molecular formula is C26H25F4IN4O4S. The van der Waals surface area contributed by atoms with Gasteiger partial charge in [0.05, 0.1) is 29.7 Å². The summed E-state index contributed by atoms with van der Waals surface area (Å²) in [7, 11) is -2.99. The van der Waals surface area contributed by atoms with Crippen molar-refractivity contribution in [2.45, 2.75) is 38.1 Å². The smallest absolute Gasteiger partial charge is 0.299 e. The van der Waals surface area contributed by atoms with Gasteiger partial charge in [0.15, 0.2) is 17.5 Å². The largest absolute Gasteiger partial charge is 0.350 e. The van der Waals surface area contributed by atoms with Crippen molar-refractivity contribution in [3.63, 3.8) is 0 Å². The standard InChI is InChI=1S/C26H25F4IN4O4S/c1-26(9-4-10-26)35-40(37,38)34-20-6-3-5-14(21(20)28)11-15-12-17(25(36)33-39-2)24(23(30)22(15)29)32-19-8-7-16(31)13-18(19)27/h3,5-8,12-13,32,34-35H,4,9-11H2,1-2H3,(H,33,36). The summed E-state index contributed by atoms with van der Waals surface area (Å²) >= 11 is 1.88. The minimum Gasteiger partial charge on any atom is -0.350 e. The van der Waals surface area contributed by atoms with Gasteiger partial charge in [-0.3, -0.25) is 14.4 Å². The third kappa shape index (κ3) is 6.67. The molecule has 0 heterocycles. The Labute approximate surface area is 242 Å². The molecule has 8 nitrogen and oxygen atoms in total. The first-order chi connectivity index (χ1) is 18.8. The lowest BCUT2D eigenvalue weighted by Gasteiger charge is -2.38. The molecule has 1 saturated carbocycles. The van der Waals surface area contributed by atoms with Crippen LogP contribution in [0.3, 0.4) is 0 Å². The van der Waals surface area contributed by atoms with Crippen LogP contribution in [0.5, 0.6) is 0 Å². The van der Waals surface area contributed by atoms with E-state index in [1.54, 1.807) is 6.92 Å². The molecule has 3 aromatic rings. The van der Waals surface area contributed by atoms with Gasteiger partial charge in [0.25, 0.3) is 16.1 Å². The number of nitrogens with one attached hydrogen (secondary N) is 4. The zero-order valence-electron chi connectivity index (χ0n) is 21.3. The summed E-state index contributed by atoms with van der Waals surface area (Å²) in [6.07, 6.45) is 1.60. The highest BCUT2D eigenvalue weighted by Gasteiger charge is 2.36. The van der Waals surface area contributed by atoms with Gasteiger partial charge >= 0.3 is 0 Å². The van der Waals surface area contributed by atoms with Crippen LogP contribution in [0.2, 0.25) is 0 Å². The third-order valence-electron chi connectivity index (χ3n) is 6.45. The molecular weight excluding hydrogens is 667 g/mol. The van der Waals surface area contributed by atoms with E-state index in [-0.39, 0.29) is 11.3 Å². The second kappa shape index (κ2) is 11.9. The Hall–Kier alpha value is -2.95. The number of amides is 1. The molecule has 0 aliphatic heterocycles. The third-order valence-corrected chi connectivity index (χ3v) is 8.38. The van der Waals surface area contributed by atoms with Gasteiger partial charge in [0.2, 0.25) is 0 Å². The maximum Gasteiger partial charge on any atom is 0.299 e. The van der Waals surface area contributed by atoms with Crippen molar-refractivity contribution in [1.82, 2.24) is 10.2 Å². The Morgan fingerprint density at radius 3 is 2.35 bits per heavy atom. The highest BCUT2D eigenvalue weighted by molar-refractivity contribution is 14.1. The molecule has 4 N–H and O–H groups in total. The molecule has 0 radical (unpaired) electrons. The minimum atomic E-state index is -4.13. The molecule has 0 unspecified atom stereocenters. The molecule has 0 saturated heterocycles. The highest BCUT2D eigenvalue weighted by Crippen LogP contribution is 2.34. The minimum absolute atomic E-state index is 0.171. The molecule has 3 aromatic carbocycles. The topological polar surface area (TPSA) is 109 Å². The molecule has 214 valence electrons. The van der Waals surface area contributed by atoms with Crippen LogP contribution in [0.1, 0.15) is 47.7 Å². The van der Waals surface area contributed by atoms with Crippen LogP contribution in [0, 0.1) is 26.8 Å². The second-order valence-electron chi connectivity index (χ2n) is 9.55. The molecule has 0 bridgehead atoms. The summed E-state index contributed by atoms with van der Waals surface area (Å²) in [5.41, 5.74) is -0.911. The van der Waals surface area contributed by atoms with E-state index in [1.165, 1.54) is 30.3 Å². The predicted octanol–water partition coefficient (Wildman–Crippen LogP) is 5.66. The number of carbonyl (C=O) groups excluding carboxylic acids is 1. The van der Waals surface area contributed by atoms with Gasteiger partial charge in [-0.15, -0.1) is 0 Å². The Morgan fingerprint density at radius 2 is 1.73 bits per heavy atom. The van der Waals surface area contributed by atoms with Gasteiger partial charge < -0.3 is 5.32 Å². The summed E-state index contributed by atoms with van der Waals surface area (Å²) in [6, 6.07) is 8.77. The lowest BCUT2D eigenvalue weighted by molar-refractivity contribution is 0.0538. The van der Waals surface area contributed by atoms with Crippen LogP contribution >= 0.6 is 22.6 Å². The van der Waals surface area contributed by atoms with Gasteiger partial charge in [0.1, 0.15) is 5.82 Å². The summed E-state index contributed by atoms with van der Waals surface area (Å²) in [5, 5.41) is 2.41. The number of rotatable bonds is 10. The van der Waals surface area contributed by atoms with Crippen molar-refractivity contribution < 1.29 is 35.6 Å². The molecule has 0 spiro atoms. The van der Waals surface area contributed by atoms with Gasteiger partial charge in [-0.25, -0.2) is 23.0 Å². The highest BCUT2D eigenvalue weighted by atomic mass is 127. The quantitative estimate of drug-likeness (QED) is 0.125. The van der Waals surface area contributed by atoms with Crippen molar-refractivity contribution in [2.75, 3.05) is 17.1 Å². The number of hydrogen-bond donors (Lipinski definition) is 4. The number of hydrogen-bond acceptors (Lipinski definition) is 5. The molecule has 1 aliphatic carbocycles. The maximum atomic E-state index is 15.3. The Kier molecular flexibility index (Phi) is 8.92. The molecule has 14 heteroatoms. The molecule has 40 heavy (non-hydrogen) atoms. The van der Waals surface area contributed by atoms with Crippen LogP contribution < -0.4 is 20.2 Å². The van der Waals surface area contributed by atoms with Crippen molar-refractivity contribution >= 4 is 55.8 Å². The maximum absolute atomic E-state index is 15.3. The molecule has 4 rings (SSSR count). The van der Waals surface area contributed by atoms with Crippen LogP contribution in [0.25, 0.3) is 0 Å². The SMILES string of the molecule is CONC(=O)c1cc(Cc2cccc(NS(=O)(=O)NC3(C)CCC3)c2F)c(F)c(F)c1Nc1ccc(I)cc1F. The van der Waals surface area contributed by atoms with Gasteiger partial charge in [0, 0.05) is 15.5 Å². The van der Waals surface area contributed by atoms with E-state index in [9.17, 15) is 17.6 Å². The fourth-order valence-electron chi connectivity index (χ4n) is 4.29. The number of anilines is 3. The first kappa shape index (κ1) is 30.0. The normalized spacial score (nSPS) is 14.4. The molecule has 1 fully saturated rings. The number of benzene rings is 3. The monoisotopic (exact) mass is 692 g/mol. The summed E-state index contributed by atoms with van der Waals surface area (Å²) in [5.74, 6) is -5.67. The second-order valence-corrected chi connectivity index (χ2v) is 12.2. The molecule has 1 aliphatic rings. The van der Waals surface area contributed by atoms with Crippen LogP contribution in [0.4, 0.5) is 34.6 Å². The zero-order chi connectivity index (χ0) is 29.2. The molecule has 0 atom stereocenters. The van der Waals surface area contributed by atoms with Crippen molar-refractivity contribution in [1.29, 1.82) is 0 Å². The zero-order valence-corrected chi connectivity index (χ0v) is 24.3. The van der Waals surface area contributed by atoms with E-state index in [4.69, 9.17) is 0 Å². The first-order valence-corrected chi connectivity index (χ1v) is 14.5. The van der Waals surface area contributed by atoms with Crippen molar-refractivity contribution in [2.24, 2.45) is 0 Å². The van der Waals surface area contributed by atoms with E-state index in [0.29, 0.717) is 16.4 Å². The lowest BCUT2D eigenvalue weighted by Crippen LogP contribution is -2.52. The summed E-state index contributed by atoms with van der Waals surface area (Å²) in [6.45, 7) is 1.74. The average molecular weight is 692 g/mol. The number of halogens is 5. The van der Waals surface area contributed by atoms with Crippen LogP contribution in [-0.2, 0) is 21.5 Å². The molecule has 1 amide bonds. The summed E-state index contributed by atoms with van der Waals surface area (Å²) < 4.78 is 90.7. The Morgan fingerprint density at radius 1 is 1.00 bits per heavy atom. The predicted molar refractivity (Wildman–Crippen MR) is 150 cm³/mol.